The van der Waals surface area contributed by atoms with E-state index in [4.69, 9.17) is 5.73 Å². The van der Waals surface area contributed by atoms with Crippen LogP contribution in [-0.4, -0.2) is 0 Å². The minimum absolute atomic E-state index is 0. The van der Waals surface area contributed by atoms with Crippen LogP contribution in [0.25, 0.3) is 0 Å². The van der Waals surface area contributed by atoms with E-state index >= 15 is 0 Å². The van der Waals surface area contributed by atoms with Crippen LogP contribution in [0.1, 0.15) is 13.0 Å². The SMILES string of the molecule is C.Cc1cc(F)cc(F)c1N. The van der Waals surface area contributed by atoms with Gasteiger partial charge in [0, 0.05) is 6.07 Å². The Kier molecular flexibility index (Phi) is 2.99. The lowest BCUT2D eigenvalue weighted by molar-refractivity contribution is 0.584. The fourth-order valence-electron chi connectivity index (χ4n) is 0.713. The van der Waals surface area contributed by atoms with E-state index in [9.17, 15) is 8.78 Å². The van der Waals surface area contributed by atoms with Crippen LogP contribution < -0.4 is 5.73 Å². The molecule has 1 nitrogen and oxygen atoms in total. The molecule has 2 N–H and O–H groups in total. The lowest BCUT2D eigenvalue weighted by Gasteiger charge is -1.99. The highest BCUT2D eigenvalue weighted by atomic mass is 19.1. The number of aryl methyl sites for hydroxylation is 1. The Balaban J connectivity index is 0.000001000. The molecular weight excluding hydrogens is 148 g/mol. The van der Waals surface area contributed by atoms with Crippen LogP contribution in [0, 0.1) is 18.6 Å². The normalized spacial score (nSPS) is 9.00. The highest BCUT2D eigenvalue weighted by Crippen LogP contribution is 2.16. The topological polar surface area (TPSA) is 26.0 Å². The molecule has 0 amide bonds. The third-order valence-corrected chi connectivity index (χ3v) is 1.30. The van der Waals surface area contributed by atoms with Gasteiger partial charge in [-0.25, -0.2) is 8.78 Å². The first-order chi connectivity index (χ1) is 4.61. The Morgan fingerprint density at radius 1 is 1.27 bits per heavy atom. The maximum absolute atomic E-state index is 12.5. The van der Waals surface area contributed by atoms with E-state index in [1.165, 1.54) is 6.07 Å². The minimum atomic E-state index is -0.697. The molecule has 0 saturated heterocycles. The maximum Gasteiger partial charge on any atom is 0.149 e. The van der Waals surface area contributed by atoms with Gasteiger partial charge in [-0.1, -0.05) is 7.43 Å². The fraction of sp³-hybridized carbons (Fsp3) is 0.250. The first kappa shape index (κ1) is 9.88. The maximum atomic E-state index is 12.5. The molecule has 0 atom stereocenters. The number of anilines is 1. The number of nitrogens with two attached hydrogens (primary N) is 1. The summed E-state index contributed by atoms with van der Waals surface area (Å²) in [7, 11) is 0. The van der Waals surface area contributed by atoms with Crippen molar-refractivity contribution in [2.45, 2.75) is 14.4 Å². The van der Waals surface area contributed by atoms with Crippen molar-refractivity contribution in [3.63, 3.8) is 0 Å². The molecule has 1 aromatic carbocycles. The molecule has 0 saturated carbocycles. The van der Waals surface area contributed by atoms with Gasteiger partial charge in [-0.2, -0.15) is 0 Å². The molecule has 0 radical (unpaired) electrons. The predicted molar refractivity (Wildman–Crippen MR) is 42.2 cm³/mol. The molecule has 0 unspecified atom stereocenters. The molecular formula is C8H11F2N. The van der Waals surface area contributed by atoms with Gasteiger partial charge in [0.1, 0.15) is 11.6 Å². The summed E-state index contributed by atoms with van der Waals surface area (Å²) in [5.41, 5.74) is 5.65. The molecule has 62 valence electrons. The van der Waals surface area contributed by atoms with Crippen LogP contribution in [0.5, 0.6) is 0 Å². The predicted octanol–water partition coefficient (Wildman–Crippen LogP) is 2.49. The summed E-state index contributed by atoms with van der Waals surface area (Å²) in [5.74, 6) is -1.29. The minimum Gasteiger partial charge on any atom is -0.396 e. The van der Waals surface area contributed by atoms with Gasteiger partial charge in [0.15, 0.2) is 0 Å². The lowest BCUT2D eigenvalue weighted by atomic mass is 10.2. The molecule has 3 heteroatoms. The van der Waals surface area contributed by atoms with Crippen LogP contribution in [-0.2, 0) is 0 Å². The Morgan fingerprint density at radius 3 is 2.27 bits per heavy atom. The molecule has 11 heavy (non-hydrogen) atoms. The van der Waals surface area contributed by atoms with Crippen LogP contribution >= 0.6 is 0 Å². The van der Waals surface area contributed by atoms with Crippen molar-refractivity contribution >= 4 is 5.69 Å². The zero-order chi connectivity index (χ0) is 7.72. The average Bonchev–Trinajstić information content (AvgIpc) is 1.82. The van der Waals surface area contributed by atoms with Crippen LogP contribution in [0.3, 0.4) is 0 Å². The third-order valence-electron chi connectivity index (χ3n) is 1.30. The Hall–Kier alpha value is -1.12. The second-order valence-electron chi connectivity index (χ2n) is 2.12. The molecule has 1 rings (SSSR count). The summed E-state index contributed by atoms with van der Waals surface area (Å²) in [6, 6.07) is 1.96. The zero-order valence-electron chi connectivity index (χ0n) is 5.49. The van der Waals surface area contributed by atoms with Crippen molar-refractivity contribution < 1.29 is 8.78 Å². The second-order valence-corrected chi connectivity index (χ2v) is 2.12. The lowest BCUT2D eigenvalue weighted by Crippen LogP contribution is -1.94. The van der Waals surface area contributed by atoms with E-state index in [0.29, 0.717) is 5.56 Å². The number of rotatable bonds is 0. The van der Waals surface area contributed by atoms with Gasteiger partial charge in [0.05, 0.1) is 5.69 Å². The summed E-state index contributed by atoms with van der Waals surface area (Å²) in [5, 5.41) is 0. The molecule has 0 aliphatic heterocycles. The second kappa shape index (κ2) is 3.32. The smallest absolute Gasteiger partial charge is 0.149 e. The van der Waals surface area contributed by atoms with Crippen LogP contribution in [0.2, 0.25) is 0 Å². The van der Waals surface area contributed by atoms with Gasteiger partial charge >= 0.3 is 0 Å². The van der Waals surface area contributed by atoms with Gasteiger partial charge in [-0.05, 0) is 18.6 Å². The molecule has 0 aromatic heterocycles. The van der Waals surface area contributed by atoms with Crippen molar-refractivity contribution in [3.05, 3.63) is 29.3 Å². The zero-order valence-corrected chi connectivity index (χ0v) is 5.49. The van der Waals surface area contributed by atoms with Crippen molar-refractivity contribution in [3.8, 4) is 0 Å². The van der Waals surface area contributed by atoms with E-state index in [2.05, 4.69) is 0 Å². The molecule has 0 fully saturated rings. The van der Waals surface area contributed by atoms with Crippen molar-refractivity contribution in [2.75, 3.05) is 5.73 Å². The van der Waals surface area contributed by atoms with Crippen molar-refractivity contribution in [1.29, 1.82) is 0 Å². The Morgan fingerprint density at radius 2 is 1.82 bits per heavy atom. The van der Waals surface area contributed by atoms with Crippen LogP contribution in [0.15, 0.2) is 12.1 Å². The first-order valence-electron chi connectivity index (χ1n) is 2.82. The third kappa shape index (κ3) is 1.90. The number of halogens is 2. The van der Waals surface area contributed by atoms with E-state index in [0.717, 1.165) is 6.07 Å². The van der Waals surface area contributed by atoms with Gasteiger partial charge in [0.25, 0.3) is 0 Å². The summed E-state index contributed by atoms with van der Waals surface area (Å²) in [6.45, 7) is 1.56. The highest BCUT2D eigenvalue weighted by molar-refractivity contribution is 5.47. The number of hydrogen-bond acceptors (Lipinski definition) is 1. The summed E-state index contributed by atoms with van der Waals surface area (Å²) in [6.07, 6.45) is 0. The highest BCUT2D eigenvalue weighted by Gasteiger charge is 2.02. The number of benzene rings is 1. The van der Waals surface area contributed by atoms with Crippen molar-refractivity contribution in [2.24, 2.45) is 0 Å². The molecule has 0 bridgehead atoms. The van der Waals surface area contributed by atoms with Gasteiger partial charge in [0.2, 0.25) is 0 Å². The van der Waals surface area contributed by atoms with Crippen LogP contribution in [0.4, 0.5) is 14.5 Å². The Bertz CT molecular complexity index is 235. The van der Waals surface area contributed by atoms with Gasteiger partial charge in [-0.15, -0.1) is 0 Å². The van der Waals surface area contributed by atoms with E-state index in [1.807, 2.05) is 0 Å². The largest absolute Gasteiger partial charge is 0.396 e. The van der Waals surface area contributed by atoms with Gasteiger partial charge in [-0.3, -0.25) is 0 Å². The summed E-state index contributed by atoms with van der Waals surface area (Å²) < 4.78 is 24.8. The Labute approximate surface area is 64.8 Å². The molecule has 1 aromatic rings. The molecule has 0 heterocycles. The molecule has 0 aliphatic rings. The summed E-state index contributed by atoms with van der Waals surface area (Å²) >= 11 is 0. The quantitative estimate of drug-likeness (QED) is 0.578. The van der Waals surface area contributed by atoms with E-state index in [1.54, 1.807) is 6.92 Å². The van der Waals surface area contributed by atoms with E-state index in [-0.39, 0.29) is 13.1 Å². The molecule has 0 aliphatic carbocycles. The van der Waals surface area contributed by atoms with E-state index < -0.39 is 11.6 Å². The van der Waals surface area contributed by atoms with Crippen molar-refractivity contribution in [1.82, 2.24) is 0 Å². The molecule has 0 spiro atoms. The number of nitrogen functional groups attached to an aromatic ring is 1. The monoisotopic (exact) mass is 159 g/mol. The first-order valence-corrected chi connectivity index (χ1v) is 2.82. The average molecular weight is 159 g/mol. The van der Waals surface area contributed by atoms with Gasteiger partial charge < -0.3 is 5.73 Å². The number of hydrogen-bond donors (Lipinski definition) is 1. The fourth-order valence-corrected chi connectivity index (χ4v) is 0.713. The standard InChI is InChI=1S/C7H7F2N.CH4/c1-4-2-5(8)3-6(9)7(4)10;/h2-3H,10H2,1H3;1H4. The summed E-state index contributed by atoms with van der Waals surface area (Å²) in [4.78, 5) is 0.